The number of nitrogens with one attached hydrogen (secondary N) is 1. The quantitative estimate of drug-likeness (QED) is 0.377. The number of benzene rings is 1. The first-order chi connectivity index (χ1) is 10.8. The molecule has 0 bridgehead atoms. The van der Waals surface area contributed by atoms with Crippen LogP contribution in [0.3, 0.4) is 0 Å². The summed E-state index contributed by atoms with van der Waals surface area (Å²) in [5.74, 6) is 0. The van der Waals surface area contributed by atoms with Crippen molar-refractivity contribution in [3.8, 4) is 0 Å². The Balaban J connectivity index is 2.42. The van der Waals surface area contributed by atoms with Crippen molar-refractivity contribution in [3.05, 3.63) is 47.4 Å². The molecule has 0 radical (unpaired) electrons. The van der Waals surface area contributed by atoms with E-state index in [2.05, 4.69) is 10.3 Å². The first-order valence-electron chi connectivity index (χ1n) is 6.76. The number of rotatable bonds is 4. The van der Waals surface area contributed by atoms with Gasteiger partial charge in [0.05, 0.1) is 16.3 Å². The molecule has 2 rings (SSSR count). The van der Waals surface area contributed by atoms with Gasteiger partial charge in [0.15, 0.2) is 0 Å². The lowest BCUT2D eigenvalue weighted by molar-refractivity contribution is -0.462. The Hall–Kier alpha value is -1.90. The van der Waals surface area contributed by atoms with Gasteiger partial charge in [-0.25, -0.2) is 9.57 Å². The fourth-order valence-corrected chi connectivity index (χ4v) is 3.57. The van der Waals surface area contributed by atoms with Gasteiger partial charge in [-0.05, 0) is 30.3 Å². The van der Waals surface area contributed by atoms with Gasteiger partial charge in [-0.2, -0.15) is 8.42 Å². The van der Waals surface area contributed by atoms with Crippen molar-refractivity contribution in [1.82, 2.24) is 0 Å². The third-order valence-electron chi connectivity index (χ3n) is 3.06. The van der Waals surface area contributed by atoms with Gasteiger partial charge in [0, 0.05) is 35.7 Å². The zero-order chi connectivity index (χ0) is 17.0. The Labute approximate surface area is 139 Å². The van der Waals surface area contributed by atoms with Crippen molar-refractivity contribution in [2.45, 2.75) is 0 Å². The average molecular weight is 352 g/mol. The number of aliphatic imine (C=N–C) groups is 1. The number of allylic oxidation sites excluding steroid dienone is 4. The fraction of sp³-hybridized carbons (Fsp3) is 0.200. The Kier molecular flexibility index (Phi) is 5.40. The van der Waals surface area contributed by atoms with Gasteiger partial charge >= 0.3 is 9.15 Å². The molecule has 0 aliphatic heterocycles. The highest BCUT2D eigenvalue weighted by molar-refractivity contribution is 8.71. The van der Waals surface area contributed by atoms with Gasteiger partial charge in [-0.1, -0.05) is 0 Å². The lowest BCUT2D eigenvalue weighted by atomic mass is 10.1. The van der Waals surface area contributed by atoms with Gasteiger partial charge in [0.25, 0.3) is 0 Å². The predicted octanol–water partition coefficient (Wildman–Crippen LogP) is 2.50. The summed E-state index contributed by atoms with van der Waals surface area (Å²) in [6.45, 7) is 0. The zero-order valence-corrected chi connectivity index (χ0v) is 14.6. The molecule has 0 aromatic heterocycles. The zero-order valence-electron chi connectivity index (χ0n) is 13.0. The molecule has 0 heterocycles. The van der Waals surface area contributed by atoms with E-state index in [-0.39, 0.29) is 0 Å². The molecule has 8 heteroatoms. The predicted molar refractivity (Wildman–Crippen MR) is 96.6 cm³/mol. The average Bonchev–Trinajstić information content (AvgIpc) is 2.48. The summed E-state index contributed by atoms with van der Waals surface area (Å²) in [7, 11) is 1.69. The topological polar surface area (TPSA) is 81.8 Å². The Morgan fingerprint density at radius 2 is 1.83 bits per heavy atom. The number of hydrogen-bond acceptors (Lipinski definition) is 5. The summed E-state index contributed by atoms with van der Waals surface area (Å²) >= 11 is 0. The third kappa shape index (κ3) is 5.05. The summed E-state index contributed by atoms with van der Waals surface area (Å²) in [4.78, 5) is 4.83. The molecule has 0 spiro atoms. The minimum atomic E-state index is -4.22. The lowest BCUT2D eigenvalue weighted by Gasteiger charge is -2.10. The van der Waals surface area contributed by atoms with Crippen LogP contribution < -0.4 is 5.32 Å². The van der Waals surface area contributed by atoms with Crippen LogP contribution in [0.15, 0.2) is 52.4 Å². The molecule has 1 aromatic carbocycles. The van der Waals surface area contributed by atoms with E-state index in [1.54, 1.807) is 12.2 Å². The van der Waals surface area contributed by atoms with Crippen LogP contribution in [0.2, 0.25) is 0 Å². The lowest BCUT2D eigenvalue weighted by Crippen LogP contribution is -2.15. The smallest absolute Gasteiger partial charge is 0.324 e. The van der Waals surface area contributed by atoms with Crippen LogP contribution in [0.25, 0.3) is 0 Å². The van der Waals surface area contributed by atoms with E-state index in [4.69, 9.17) is 4.55 Å². The molecule has 0 atom stereocenters. The Bertz CT molecular complexity index is 816. The summed E-state index contributed by atoms with van der Waals surface area (Å²) in [6.07, 6.45) is 5.25. The van der Waals surface area contributed by atoms with Crippen LogP contribution in [-0.2, 0) is 9.15 Å². The van der Waals surface area contributed by atoms with Crippen molar-refractivity contribution in [3.63, 3.8) is 0 Å². The third-order valence-corrected chi connectivity index (χ3v) is 4.95. The second-order valence-electron chi connectivity index (χ2n) is 4.97. The van der Waals surface area contributed by atoms with Crippen LogP contribution >= 0.6 is 10.8 Å². The van der Waals surface area contributed by atoms with Gasteiger partial charge in [-0.3, -0.25) is 4.55 Å². The fourth-order valence-electron chi connectivity index (χ4n) is 1.90. The van der Waals surface area contributed by atoms with E-state index in [9.17, 15) is 8.42 Å². The van der Waals surface area contributed by atoms with E-state index < -0.39 is 9.15 Å². The first kappa shape index (κ1) is 17.5. The highest BCUT2D eigenvalue weighted by Gasteiger charge is 2.20. The molecule has 1 aliphatic rings. The molecular formula is C15H18N3O3S2+. The van der Waals surface area contributed by atoms with E-state index >= 15 is 0 Å². The monoisotopic (exact) mass is 352 g/mol. The second kappa shape index (κ2) is 7.12. The highest BCUT2D eigenvalue weighted by Crippen LogP contribution is 2.28. The molecule has 2 N–H and O–H groups in total. The van der Waals surface area contributed by atoms with Crippen LogP contribution in [0.5, 0.6) is 0 Å². The standard InChI is InChI=1S/C15H17N3O3S2/c1-16-11-4-6-12(7-5-11)17-14-9-8-13(18(2)3)10-15(14)22-23(19,20)21/h4-10H,1-3H3,(H,19,20,21)/p+1. The molecule has 0 fully saturated rings. The van der Waals surface area contributed by atoms with E-state index in [0.717, 1.165) is 11.4 Å². The number of nitrogens with zero attached hydrogens (tertiary/aromatic N) is 2. The number of anilines is 1. The molecule has 1 aromatic rings. The molecule has 122 valence electrons. The Morgan fingerprint density at radius 3 is 2.35 bits per heavy atom. The highest BCUT2D eigenvalue weighted by atomic mass is 33.1. The van der Waals surface area contributed by atoms with Crippen molar-refractivity contribution in [2.75, 3.05) is 26.5 Å². The summed E-state index contributed by atoms with van der Waals surface area (Å²) in [5.41, 5.74) is 2.95. The minimum absolute atomic E-state index is 0.372. The van der Waals surface area contributed by atoms with Crippen LogP contribution in [-0.4, -0.2) is 50.1 Å². The van der Waals surface area contributed by atoms with Gasteiger partial charge < -0.3 is 5.32 Å². The Morgan fingerprint density at radius 1 is 1.17 bits per heavy atom. The van der Waals surface area contributed by atoms with E-state index in [1.807, 2.05) is 56.1 Å². The van der Waals surface area contributed by atoms with Crippen LogP contribution in [0, 0.1) is 0 Å². The molecular weight excluding hydrogens is 334 g/mol. The first-order valence-corrected chi connectivity index (χ1v) is 9.53. The van der Waals surface area contributed by atoms with Gasteiger partial charge in [0.1, 0.15) is 14.1 Å². The number of hydrogen-bond donors (Lipinski definition) is 2. The summed E-state index contributed by atoms with van der Waals surface area (Å²) < 4.78 is 33.4. The van der Waals surface area contributed by atoms with Crippen LogP contribution in [0.4, 0.5) is 11.4 Å². The largest absolute Gasteiger partial charge is 0.388 e. The van der Waals surface area contributed by atoms with Crippen molar-refractivity contribution in [1.29, 1.82) is 0 Å². The van der Waals surface area contributed by atoms with Gasteiger partial charge in [0.2, 0.25) is 5.71 Å². The molecule has 23 heavy (non-hydrogen) atoms. The van der Waals surface area contributed by atoms with Crippen molar-refractivity contribution in [2.24, 2.45) is 4.99 Å². The molecule has 6 nitrogen and oxygen atoms in total. The normalized spacial score (nSPS) is 16.4. The minimum Gasteiger partial charge on any atom is -0.388 e. The van der Waals surface area contributed by atoms with Crippen molar-refractivity contribution < 1.29 is 17.5 Å². The van der Waals surface area contributed by atoms with Crippen molar-refractivity contribution >= 4 is 42.7 Å². The van der Waals surface area contributed by atoms with E-state index in [1.165, 1.54) is 0 Å². The molecule has 0 amide bonds. The SMILES string of the molecule is CNc1ccc(N=C2C=CC(=[N+](C)C)C=C2SS(=O)(=O)O)cc1. The summed E-state index contributed by atoms with van der Waals surface area (Å²) in [5, 5.41) is 3.02. The summed E-state index contributed by atoms with van der Waals surface area (Å²) in [6, 6.07) is 7.41. The second-order valence-corrected chi connectivity index (χ2v) is 8.19. The molecule has 0 saturated heterocycles. The maximum absolute atomic E-state index is 11.2. The van der Waals surface area contributed by atoms with Crippen LogP contribution in [0.1, 0.15) is 0 Å². The van der Waals surface area contributed by atoms with Gasteiger partial charge in [-0.15, -0.1) is 0 Å². The molecule has 0 saturated carbocycles. The maximum atomic E-state index is 11.2. The van der Waals surface area contributed by atoms with E-state index in [0.29, 0.717) is 27.1 Å². The maximum Gasteiger partial charge on any atom is 0.324 e. The molecule has 1 aliphatic carbocycles. The molecule has 0 unspecified atom stereocenters.